The van der Waals surface area contributed by atoms with E-state index in [1.54, 1.807) is 7.05 Å². The van der Waals surface area contributed by atoms with Gasteiger partial charge in [-0.2, -0.15) is 0 Å². The van der Waals surface area contributed by atoms with Gasteiger partial charge in [-0.25, -0.2) is 0 Å². The number of anilines is 2. The maximum Gasteiger partial charge on any atom is 0.188 e. The number of hydrogen-bond acceptors (Lipinski definition) is 2. The molecule has 0 aliphatic rings. The third-order valence-electron chi connectivity index (χ3n) is 4.83. The van der Waals surface area contributed by atoms with E-state index in [0.717, 1.165) is 45.2 Å². The molecule has 0 unspecified atom stereocenters. The second-order valence-electron chi connectivity index (χ2n) is 6.81. The maximum absolute atomic E-state index is 7.72. The summed E-state index contributed by atoms with van der Waals surface area (Å²) in [4.78, 5) is 3.52. The first-order valence-corrected chi connectivity index (χ1v) is 10.1. The van der Waals surface area contributed by atoms with Crippen molar-refractivity contribution in [2.45, 2.75) is 6.42 Å². The van der Waals surface area contributed by atoms with E-state index in [9.17, 15) is 0 Å². The summed E-state index contributed by atoms with van der Waals surface area (Å²) in [6.45, 7) is 0.648. The van der Waals surface area contributed by atoms with Crippen LogP contribution < -0.4 is 16.0 Å². The number of aromatic amines is 1. The normalized spacial score (nSPS) is 11.0. The van der Waals surface area contributed by atoms with Gasteiger partial charge in [0.1, 0.15) is 0 Å². The van der Waals surface area contributed by atoms with Crippen LogP contribution in [0.15, 0.2) is 54.6 Å². The number of rotatable bonds is 5. The number of benzene rings is 3. The molecule has 3 aromatic carbocycles. The van der Waals surface area contributed by atoms with Gasteiger partial charge in [-0.15, -0.1) is 0 Å². The van der Waals surface area contributed by atoms with Crippen molar-refractivity contribution in [1.29, 1.82) is 5.41 Å². The zero-order valence-corrected chi connectivity index (χ0v) is 17.4. The highest BCUT2D eigenvalue weighted by Crippen LogP contribution is 2.33. The summed E-state index contributed by atoms with van der Waals surface area (Å²) < 4.78 is 0. The fraction of sp³-hybridized carbons (Fsp3) is 0.136. The second kappa shape index (κ2) is 8.23. The minimum atomic E-state index is 0.306. The van der Waals surface area contributed by atoms with Crippen molar-refractivity contribution in [3.05, 3.63) is 70.2 Å². The number of H-pyrrole nitrogens is 1. The van der Waals surface area contributed by atoms with Gasteiger partial charge in [-0.1, -0.05) is 23.2 Å². The van der Waals surface area contributed by atoms with Crippen molar-refractivity contribution in [2.75, 3.05) is 18.9 Å². The largest absolute Gasteiger partial charge is 0.360 e. The van der Waals surface area contributed by atoms with Crippen molar-refractivity contribution in [1.82, 2.24) is 15.6 Å². The Morgan fingerprint density at radius 2 is 1.69 bits per heavy atom. The predicted octanol–water partition coefficient (Wildman–Crippen LogP) is 5.66. The molecule has 0 atom stereocenters. The van der Waals surface area contributed by atoms with E-state index < -0.39 is 0 Å². The van der Waals surface area contributed by atoms with Gasteiger partial charge >= 0.3 is 0 Å². The molecular weight excluding hydrogens is 405 g/mol. The van der Waals surface area contributed by atoms with E-state index >= 15 is 0 Å². The summed E-state index contributed by atoms with van der Waals surface area (Å²) in [5.41, 5.74) is 5.24. The lowest BCUT2D eigenvalue weighted by molar-refractivity contribution is 0.833. The standard InChI is InChI=1S/C22H21Cl2N5/c1-26-22(25)27-9-8-13-10-17(28-16-5-2-14(23)3-6-16)12-19-18-11-15(24)4-7-20(18)29-21(13)19/h2-7,10-12,28-29H,8-9H2,1H3,(H3,25,26,27). The van der Waals surface area contributed by atoms with Crippen molar-refractivity contribution in [3.8, 4) is 0 Å². The summed E-state index contributed by atoms with van der Waals surface area (Å²) in [5, 5.41) is 20.6. The Morgan fingerprint density at radius 3 is 2.45 bits per heavy atom. The average Bonchev–Trinajstić information content (AvgIpc) is 3.07. The molecule has 0 saturated heterocycles. The summed E-state index contributed by atoms with van der Waals surface area (Å²) in [6, 6.07) is 17.8. The molecule has 0 amide bonds. The molecule has 4 rings (SSSR count). The van der Waals surface area contributed by atoms with Gasteiger partial charge in [0.15, 0.2) is 5.96 Å². The number of hydrogen-bond donors (Lipinski definition) is 5. The molecule has 0 fully saturated rings. The summed E-state index contributed by atoms with van der Waals surface area (Å²) in [7, 11) is 1.73. The van der Waals surface area contributed by atoms with Crippen molar-refractivity contribution in [2.24, 2.45) is 0 Å². The SMILES string of the molecule is CNC(=N)NCCc1cc(Nc2ccc(Cl)cc2)cc2c1[nH]c1ccc(Cl)cc12. The molecule has 5 nitrogen and oxygen atoms in total. The molecule has 7 heteroatoms. The molecule has 0 aliphatic heterocycles. The van der Waals surface area contributed by atoms with Crippen LogP contribution in [0, 0.1) is 5.41 Å². The number of nitrogens with one attached hydrogen (secondary N) is 5. The Bertz CT molecular complexity index is 1180. The van der Waals surface area contributed by atoms with Crippen molar-refractivity contribution in [3.63, 3.8) is 0 Å². The monoisotopic (exact) mass is 425 g/mol. The molecule has 0 saturated carbocycles. The van der Waals surface area contributed by atoms with Crippen LogP contribution in [0.25, 0.3) is 21.8 Å². The molecule has 1 heterocycles. The maximum atomic E-state index is 7.72. The zero-order valence-electron chi connectivity index (χ0n) is 15.9. The van der Waals surface area contributed by atoms with E-state index in [1.165, 1.54) is 0 Å². The van der Waals surface area contributed by atoms with Crippen LogP contribution >= 0.6 is 23.2 Å². The molecule has 148 valence electrons. The minimum Gasteiger partial charge on any atom is -0.360 e. The van der Waals surface area contributed by atoms with Crippen LogP contribution in [0.3, 0.4) is 0 Å². The summed E-state index contributed by atoms with van der Waals surface area (Å²) in [5.74, 6) is 0.306. The molecule has 0 aliphatic carbocycles. The first kappa shape index (κ1) is 19.4. The third-order valence-corrected chi connectivity index (χ3v) is 5.32. The van der Waals surface area contributed by atoms with Gasteiger partial charge in [0.25, 0.3) is 0 Å². The quantitative estimate of drug-likeness (QED) is 0.211. The molecule has 0 spiro atoms. The number of fused-ring (bicyclic) bond motifs is 3. The minimum absolute atomic E-state index is 0.306. The van der Waals surface area contributed by atoms with Gasteiger partial charge in [-0.3, -0.25) is 5.41 Å². The Balaban J connectivity index is 1.76. The van der Waals surface area contributed by atoms with Gasteiger partial charge in [0.05, 0.1) is 0 Å². The Labute approximate surface area is 178 Å². The number of aromatic nitrogens is 1. The first-order chi connectivity index (χ1) is 14.0. The van der Waals surface area contributed by atoms with Gasteiger partial charge in [0.2, 0.25) is 0 Å². The highest BCUT2D eigenvalue weighted by molar-refractivity contribution is 6.32. The van der Waals surface area contributed by atoms with Crippen LogP contribution in [-0.4, -0.2) is 24.5 Å². The Hall–Kier alpha value is -2.89. The van der Waals surface area contributed by atoms with Crippen molar-refractivity contribution < 1.29 is 0 Å². The average molecular weight is 426 g/mol. The first-order valence-electron chi connectivity index (χ1n) is 9.30. The number of halogens is 2. The summed E-state index contributed by atoms with van der Waals surface area (Å²) >= 11 is 12.3. The van der Waals surface area contributed by atoms with E-state index in [-0.39, 0.29) is 0 Å². The highest BCUT2D eigenvalue weighted by Gasteiger charge is 2.11. The van der Waals surface area contributed by atoms with Gasteiger partial charge in [0, 0.05) is 56.8 Å². The van der Waals surface area contributed by atoms with E-state index in [1.807, 2.05) is 42.5 Å². The van der Waals surface area contributed by atoms with Crippen LogP contribution in [-0.2, 0) is 6.42 Å². The van der Waals surface area contributed by atoms with Crippen molar-refractivity contribution >= 4 is 62.3 Å². The molecule has 1 aromatic heterocycles. The summed E-state index contributed by atoms with van der Waals surface area (Å²) in [6.07, 6.45) is 0.761. The third kappa shape index (κ3) is 4.26. The molecule has 0 bridgehead atoms. The molecule has 5 N–H and O–H groups in total. The highest BCUT2D eigenvalue weighted by atomic mass is 35.5. The van der Waals surface area contributed by atoms with Crippen LogP contribution in [0.5, 0.6) is 0 Å². The Morgan fingerprint density at radius 1 is 0.931 bits per heavy atom. The van der Waals surface area contributed by atoms with Crippen LogP contribution in [0.1, 0.15) is 5.56 Å². The topological polar surface area (TPSA) is 75.7 Å². The smallest absolute Gasteiger partial charge is 0.188 e. The molecule has 0 radical (unpaired) electrons. The Kier molecular flexibility index (Phi) is 5.51. The molecule has 29 heavy (non-hydrogen) atoms. The molecule has 4 aromatic rings. The zero-order chi connectivity index (χ0) is 20.4. The predicted molar refractivity (Wildman–Crippen MR) is 124 cm³/mol. The lowest BCUT2D eigenvalue weighted by Gasteiger charge is -2.12. The fourth-order valence-electron chi connectivity index (χ4n) is 3.42. The van der Waals surface area contributed by atoms with Gasteiger partial charge in [-0.05, 0) is 66.6 Å². The second-order valence-corrected chi connectivity index (χ2v) is 7.68. The lowest BCUT2D eigenvalue weighted by atomic mass is 10.0. The van der Waals surface area contributed by atoms with E-state index in [4.69, 9.17) is 28.6 Å². The molecular formula is C22H21Cl2N5. The van der Waals surface area contributed by atoms with E-state index in [2.05, 4.69) is 33.1 Å². The fourth-order valence-corrected chi connectivity index (χ4v) is 3.72. The van der Waals surface area contributed by atoms with Gasteiger partial charge < -0.3 is 20.9 Å². The lowest BCUT2D eigenvalue weighted by Crippen LogP contribution is -2.34. The van der Waals surface area contributed by atoms with E-state index in [0.29, 0.717) is 22.5 Å². The van der Waals surface area contributed by atoms with Crippen LogP contribution in [0.2, 0.25) is 10.0 Å². The van der Waals surface area contributed by atoms with Crippen LogP contribution in [0.4, 0.5) is 11.4 Å². The number of guanidine groups is 1.